The lowest BCUT2D eigenvalue weighted by Crippen LogP contribution is -1.99. The lowest BCUT2D eigenvalue weighted by atomic mass is 10.2. The largest absolute Gasteiger partial charge is 0.344 e. The molecule has 0 fully saturated rings. The van der Waals surface area contributed by atoms with E-state index in [9.17, 15) is 9.18 Å². The van der Waals surface area contributed by atoms with Crippen LogP contribution in [0.5, 0.6) is 0 Å². The number of aryl methyl sites for hydroxylation is 1. The van der Waals surface area contributed by atoms with Gasteiger partial charge in [-0.25, -0.2) is 4.39 Å². The maximum atomic E-state index is 13.0. The summed E-state index contributed by atoms with van der Waals surface area (Å²) in [4.78, 5) is 11.5. The third-order valence-corrected chi connectivity index (χ3v) is 3.90. The molecular formula is C12H10BrFN2OS. The van der Waals surface area contributed by atoms with Gasteiger partial charge in [-0.15, -0.1) is 0 Å². The maximum Gasteiger partial charge on any atom is 0.164 e. The van der Waals surface area contributed by atoms with Gasteiger partial charge in [0.2, 0.25) is 0 Å². The zero-order valence-corrected chi connectivity index (χ0v) is 12.2. The van der Waals surface area contributed by atoms with E-state index in [1.54, 1.807) is 13.0 Å². The van der Waals surface area contributed by atoms with Crippen molar-refractivity contribution in [3.8, 4) is 0 Å². The molecule has 6 heteroatoms. The fraction of sp³-hybridized carbons (Fsp3) is 0.167. The first kappa shape index (κ1) is 13.2. The van der Waals surface area contributed by atoms with Crippen LogP contribution in [0.15, 0.2) is 22.7 Å². The predicted octanol–water partition coefficient (Wildman–Crippen LogP) is 4.30. The standard InChI is InChI=1S/C12H10BrFN2OS/c1-6-11(7(2)17)12(18-16-6)15-10-4-3-8(14)5-9(10)13/h3-5,15H,1-2H3. The second-order valence-electron chi connectivity index (χ2n) is 3.78. The van der Waals surface area contributed by atoms with Crippen molar-refractivity contribution in [3.05, 3.63) is 39.7 Å². The first-order valence-electron chi connectivity index (χ1n) is 5.18. The van der Waals surface area contributed by atoms with Gasteiger partial charge in [0.25, 0.3) is 0 Å². The Labute approximate surface area is 116 Å². The number of nitrogens with zero attached hydrogens (tertiary/aromatic N) is 1. The van der Waals surface area contributed by atoms with E-state index in [-0.39, 0.29) is 11.6 Å². The minimum absolute atomic E-state index is 0.0398. The van der Waals surface area contributed by atoms with Crippen LogP contribution in [0.25, 0.3) is 0 Å². The van der Waals surface area contributed by atoms with Crippen LogP contribution in [-0.2, 0) is 0 Å². The van der Waals surface area contributed by atoms with Gasteiger partial charge >= 0.3 is 0 Å². The highest BCUT2D eigenvalue weighted by atomic mass is 79.9. The Morgan fingerprint density at radius 2 is 2.22 bits per heavy atom. The molecule has 0 bridgehead atoms. The van der Waals surface area contributed by atoms with Gasteiger partial charge in [-0.1, -0.05) is 0 Å². The molecule has 0 aliphatic carbocycles. The van der Waals surface area contributed by atoms with Crippen LogP contribution in [0.2, 0.25) is 0 Å². The molecule has 0 radical (unpaired) electrons. The first-order valence-corrected chi connectivity index (χ1v) is 6.75. The zero-order valence-electron chi connectivity index (χ0n) is 9.75. The number of aromatic nitrogens is 1. The second kappa shape index (κ2) is 5.16. The molecular weight excluding hydrogens is 319 g/mol. The number of rotatable bonds is 3. The number of anilines is 2. The van der Waals surface area contributed by atoms with E-state index >= 15 is 0 Å². The normalized spacial score (nSPS) is 10.4. The molecule has 18 heavy (non-hydrogen) atoms. The number of nitrogens with one attached hydrogen (secondary N) is 1. The summed E-state index contributed by atoms with van der Waals surface area (Å²) in [5.74, 6) is -0.360. The van der Waals surface area contributed by atoms with Crippen LogP contribution in [0, 0.1) is 12.7 Å². The number of carbonyl (C=O) groups is 1. The molecule has 0 aliphatic rings. The van der Waals surface area contributed by atoms with Crippen molar-refractivity contribution in [2.24, 2.45) is 0 Å². The van der Waals surface area contributed by atoms with Gasteiger partial charge in [0.1, 0.15) is 10.8 Å². The molecule has 0 saturated carbocycles. The van der Waals surface area contributed by atoms with E-state index in [2.05, 4.69) is 25.6 Å². The summed E-state index contributed by atoms with van der Waals surface area (Å²) in [6, 6.07) is 4.33. The van der Waals surface area contributed by atoms with E-state index in [0.717, 1.165) is 0 Å². The van der Waals surface area contributed by atoms with E-state index in [0.29, 0.717) is 26.4 Å². The Hall–Kier alpha value is -1.27. The Kier molecular flexibility index (Phi) is 3.77. The molecule has 0 spiro atoms. The Morgan fingerprint density at radius 3 is 2.83 bits per heavy atom. The summed E-state index contributed by atoms with van der Waals surface area (Å²) in [5, 5.41) is 3.77. The number of carbonyl (C=O) groups excluding carboxylic acids is 1. The second-order valence-corrected chi connectivity index (χ2v) is 5.41. The lowest BCUT2D eigenvalue weighted by molar-refractivity contribution is 0.101. The smallest absolute Gasteiger partial charge is 0.164 e. The molecule has 0 atom stereocenters. The average molecular weight is 329 g/mol. The molecule has 1 aromatic carbocycles. The molecule has 1 heterocycles. The number of halogens is 2. The Morgan fingerprint density at radius 1 is 1.50 bits per heavy atom. The number of ketones is 1. The summed E-state index contributed by atoms with van der Waals surface area (Å²) in [5.41, 5.74) is 1.98. The van der Waals surface area contributed by atoms with E-state index < -0.39 is 0 Å². The van der Waals surface area contributed by atoms with Crippen molar-refractivity contribution >= 4 is 43.9 Å². The van der Waals surface area contributed by atoms with Crippen molar-refractivity contribution in [3.63, 3.8) is 0 Å². The molecule has 0 aliphatic heterocycles. The van der Waals surface area contributed by atoms with Crippen molar-refractivity contribution in [1.29, 1.82) is 0 Å². The molecule has 2 rings (SSSR count). The monoisotopic (exact) mass is 328 g/mol. The van der Waals surface area contributed by atoms with E-state index in [1.165, 1.54) is 30.6 Å². The van der Waals surface area contributed by atoms with E-state index in [4.69, 9.17) is 0 Å². The van der Waals surface area contributed by atoms with Crippen LogP contribution >= 0.6 is 27.5 Å². The molecule has 2 aromatic rings. The lowest BCUT2D eigenvalue weighted by Gasteiger charge is -2.07. The number of Topliss-reactive ketones (excluding diaryl/α,β-unsaturated/α-hetero) is 1. The van der Waals surface area contributed by atoms with Gasteiger partial charge in [-0.3, -0.25) is 4.79 Å². The summed E-state index contributed by atoms with van der Waals surface area (Å²) in [6.45, 7) is 3.29. The maximum absolute atomic E-state index is 13.0. The summed E-state index contributed by atoms with van der Waals surface area (Å²) >= 11 is 4.49. The minimum atomic E-state index is -0.320. The summed E-state index contributed by atoms with van der Waals surface area (Å²) < 4.78 is 17.7. The van der Waals surface area contributed by atoms with Crippen LogP contribution in [0.4, 0.5) is 15.1 Å². The highest BCUT2D eigenvalue weighted by Gasteiger charge is 2.15. The van der Waals surface area contributed by atoms with Crippen molar-refractivity contribution in [1.82, 2.24) is 4.37 Å². The van der Waals surface area contributed by atoms with Crippen molar-refractivity contribution in [2.75, 3.05) is 5.32 Å². The highest BCUT2D eigenvalue weighted by molar-refractivity contribution is 9.10. The van der Waals surface area contributed by atoms with Gasteiger partial charge in [0.05, 0.1) is 16.9 Å². The van der Waals surface area contributed by atoms with Crippen LogP contribution in [0.3, 0.4) is 0 Å². The number of hydrogen-bond donors (Lipinski definition) is 1. The zero-order chi connectivity index (χ0) is 13.3. The topological polar surface area (TPSA) is 42.0 Å². The van der Waals surface area contributed by atoms with Gasteiger partial charge < -0.3 is 5.32 Å². The van der Waals surface area contributed by atoms with Gasteiger partial charge in [0, 0.05) is 4.47 Å². The molecule has 0 saturated heterocycles. The molecule has 1 aromatic heterocycles. The molecule has 1 N–H and O–H groups in total. The van der Waals surface area contributed by atoms with Crippen LogP contribution in [-0.4, -0.2) is 10.2 Å². The van der Waals surface area contributed by atoms with Gasteiger partial charge in [0.15, 0.2) is 5.78 Å². The van der Waals surface area contributed by atoms with Crippen LogP contribution in [0.1, 0.15) is 23.0 Å². The third-order valence-electron chi connectivity index (χ3n) is 2.39. The highest BCUT2D eigenvalue weighted by Crippen LogP contribution is 2.32. The third kappa shape index (κ3) is 2.59. The summed E-state index contributed by atoms with van der Waals surface area (Å²) in [6.07, 6.45) is 0. The number of hydrogen-bond acceptors (Lipinski definition) is 4. The fourth-order valence-corrected chi connectivity index (χ4v) is 2.89. The average Bonchev–Trinajstić information content (AvgIpc) is 2.64. The molecule has 0 unspecified atom stereocenters. The number of benzene rings is 1. The van der Waals surface area contributed by atoms with Gasteiger partial charge in [-0.2, -0.15) is 4.37 Å². The Bertz CT molecular complexity index is 612. The van der Waals surface area contributed by atoms with E-state index in [1.807, 2.05) is 0 Å². The van der Waals surface area contributed by atoms with Crippen molar-refractivity contribution in [2.45, 2.75) is 13.8 Å². The first-order chi connectivity index (χ1) is 8.49. The molecule has 0 amide bonds. The Balaban J connectivity index is 2.37. The van der Waals surface area contributed by atoms with Gasteiger partial charge in [-0.05, 0) is 59.5 Å². The predicted molar refractivity (Wildman–Crippen MR) is 74.2 cm³/mol. The fourth-order valence-electron chi connectivity index (χ4n) is 1.58. The van der Waals surface area contributed by atoms with Crippen molar-refractivity contribution < 1.29 is 9.18 Å². The summed E-state index contributed by atoms with van der Waals surface area (Å²) in [7, 11) is 0. The SMILES string of the molecule is CC(=O)c1c(C)nsc1Nc1ccc(F)cc1Br. The minimum Gasteiger partial charge on any atom is -0.344 e. The molecule has 3 nitrogen and oxygen atoms in total. The molecule has 94 valence electrons. The quantitative estimate of drug-likeness (QED) is 0.854. The van der Waals surface area contributed by atoms with Crippen LogP contribution < -0.4 is 5.32 Å².